The zero-order valence-electron chi connectivity index (χ0n) is 26.6. The molecular weight excluding hydrogens is 577 g/mol. The molecule has 0 amide bonds. The third-order valence-electron chi connectivity index (χ3n) is 9.17. The van der Waals surface area contributed by atoms with Crippen molar-refractivity contribution in [2.75, 3.05) is 0 Å². The molecule has 0 radical (unpaired) electrons. The lowest BCUT2D eigenvalue weighted by atomic mass is 9.10. The van der Waals surface area contributed by atoms with E-state index in [9.17, 15) is 4.21 Å². The van der Waals surface area contributed by atoms with Crippen LogP contribution in [0.3, 0.4) is 0 Å². The van der Waals surface area contributed by atoms with E-state index in [1.807, 2.05) is 72.8 Å². The van der Waals surface area contributed by atoms with Crippen molar-refractivity contribution >= 4 is 32.5 Å². The Morgan fingerprint density at radius 2 is 0.913 bits per heavy atom. The van der Waals surface area contributed by atoms with Gasteiger partial charge in [0, 0.05) is 5.56 Å². The summed E-state index contributed by atoms with van der Waals surface area (Å²) in [5.41, 5.74) is 5.86. The van der Waals surface area contributed by atoms with E-state index < -0.39 is 16.1 Å². The number of hydrogen-bond acceptors (Lipinski definition) is 2. The lowest BCUT2D eigenvalue weighted by Crippen LogP contribution is -2.69. The molecule has 46 heavy (non-hydrogen) atoms. The van der Waals surface area contributed by atoms with Crippen LogP contribution in [0.5, 0.6) is 0 Å². The standard InChI is InChI=1S/C22H24B.C20H16NOS/c1-3-19(2)23(20-13-7-4-8-14-20,21-15-9-5-10-16-21)22-17-11-6-12-18-22;21-15-17-11-13-18(14-12-17)16-23(22,19-7-3-1-4-8-19)20-9-5-2-6-10-20/h4-19H,3H2,1-2H3;1-14H,16H2/q-1;+1. The van der Waals surface area contributed by atoms with Gasteiger partial charge in [-0.1, -0.05) is 164 Å². The minimum atomic E-state index is -2.40. The first-order valence-electron chi connectivity index (χ1n) is 16.0. The number of nitrogens with zero attached hydrogens (tertiary/aromatic N) is 1. The van der Waals surface area contributed by atoms with Crippen molar-refractivity contribution in [3.63, 3.8) is 0 Å². The molecule has 0 aliphatic rings. The van der Waals surface area contributed by atoms with Crippen LogP contribution in [0.25, 0.3) is 0 Å². The second-order valence-corrected chi connectivity index (χ2v) is 14.4. The quantitative estimate of drug-likeness (QED) is 0.120. The molecule has 0 aromatic heterocycles. The van der Waals surface area contributed by atoms with E-state index in [0.717, 1.165) is 21.8 Å². The summed E-state index contributed by atoms with van der Waals surface area (Å²) in [6, 6.07) is 61.7. The van der Waals surface area contributed by atoms with Gasteiger partial charge < -0.3 is 0 Å². The second kappa shape index (κ2) is 15.3. The maximum Gasteiger partial charge on any atom is 0.163 e. The predicted octanol–water partition coefficient (Wildman–Crippen LogP) is 8.63. The molecule has 6 aromatic carbocycles. The monoisotopic (exact) mass is 617 g/mol. The average Bonchev–Trinajstić information content (AvgIpc) is 3.14. The van der Waals surface area contributed by atoms with Gasteiger partial charge in [0.05, 0.1) is 17.8 Å². The van der Waals surface area contributed by atoms with Crippen LogP contribution >= 0.6 is 0 Å². The summed E-state index contributed by atoms with van der Waals surface area (Å²) in [7, 11) is -2.40. The fourth-order valence-corrected chi connectivity index (χ4v) is 9.14. The molecule has 0 saturated carbocycles. The van der Waals surface area contributed by atoms with E-state index in [0.29, 0.717) is 17.1 Å². The Morgan fingerprint density at radius 3 is 1.24 bits per heavy atom. The Bertz CT molecular complexity index is 1730. The molecule has 0 N–H and O–H groups in total. The maximum absolute atomic E-state index is 13.8. The summed E-state index contributed by atoms with van der Waals surface area (Å²) in [6.45, 7) is 4.70. The normalized spacial score (nSPS) is 11.8. The minimum absolute atomic E-state index is 0.423. The first kappa shape index (κ1) is 32.4. The molecule has 0 saturated heterocycles. The summed E-state index contributed by atoms with van der Waals surface area (Å²) in [6.07, 6.45) is 0.177. The van der Waals surface area contributed by atoms with E-state index >= 15 is 0 Å². The van der Waals surface area contributed by atoms with Crippen molar-refractivity contribution in [2.45, 2.75) is 41.6 Å². The van der Waals surface area contributed by atoms with E-state index in [4.69, 9.17) is 5.26 Å². The van der Waals surface area contributed by atoms with Crippen molar-refractivity contribution in [3.05, 3.63) is 187 Å². The highest BCUT2D eigenvalue weighted by molar-refractivity contribution is 8.02. The number of rotatable bonds is 9. The summed E-state index contributed by atoms with van der Waals surface area (Å²) in [5, 5.41) is 8.91. The Morgan fingerprint density at radius 1 is 0.565 bits per heavy atom. The number of nitriles is 1. The van der Waals surface area contributed by atoms with Gasteiger partial charge in [0.15, 0.2) is 19.7 Å². The highest BCUT2D eigenvalue weighted by Gasteiger charge is 2.35. The van der Waals surface area contributed by atoms with E-state index in [1.54, 1.807) is 12.1 Å². The van der Waals surface area contributed by atoms with Gasteiger partial charge in [-0.3, -0.25) is 0 Å². The molecule has 228 valence electrons. The fraction of sp³-hybridized carbons (Fsp3) is 0.119. The summed E-state index contributed by atoms with van der Waals surface area (Å²) in [4.78, 5) is 1.66. The van der Waals surface area contributed by atoms with Crippen molar-refractivity contribution in [3.8, 4) is 6.07 Å². The lowest BCUT2D eigenvalue weighted by Gasteiger charge is -2.48. The number of benzene rings is 6. The predicted molar refractivity (Wildman–Crippen MR) is 196 cm³/mol. The van der Waals surface area contributed by atoms with Crippen LogP contribution in [0.2, 0.25) is 5.82 Å². The SMILES string of the molecule is CCC(C)[B-](c1ccccc1)(c1ccccc1)c1ccccc1.N#Cc1ccc(C[S+](=O)(c2ccccc2)c2ccccc2)cc1. The van der Waals surface area contributed by atoms with Gasteiger partial charge in [-0.15, -0.1) is 0 Å². The van der Waals surface area contributed by atoms with Gasteiger partial charge in [0.25, 0.3) is 0 Å². The van der Waals surface area contributed by atoms with Gasteiger partial charge in [-0.25, -0.2) is 0 Å². The summed E-state index contributed by atoms with van der Waals surface area (Å²) < 4.78 is 13.8. The molecule has 0 aliphatic carbocycles. The van der Waals surface area contributed by atoms with Crippen LogP contribution in [-0.4, -0.2) is 6.15 Å². The van der Waals surface area contributed by atoms with Crippen molar-refractivity contribution in [2.24, 2.45) is 0 Å². The van der Waals surface area contributed by atoms with Gasteiger partial charge in [-0.2, -0.15) is 27.5 Å². The molecule has 1 atom stereocenters. The van der Waals surface area contributed by atoms with Crippen molar-refractivity contribution in [1.82, 2.24) is 0 Å². The minimum Gasteiger partial charge on any atom is -0.200 e. The molecule has 6 aromatic rings. The van der Waals surface area contributed by atoms with Crippen LogP contribution in [0.4, 0.5) is 0 Å². The zero-order valence-corrected chi connectivity index (χ0v) is 27.4. The largest absolute Gasteiger partial charge is 0.200 e. The molecular formula is C42H40BNOS. The lowest BCUT2D eigenvalue weighted by molar-refractivity contribution is 0.583. The first-order chi connectivity index (χ1) is 22.5. The zero-order chi connectivity index (χ0) is 32.2. The first-order valence-corrected chi connectivity index (χ1v) is 17.7. The van der Waals surface area contributed by atoms with Crippen LogP contribution in [0, 0.1) is 11.3 Å². The van der Waals surface area contributed by atoms with E-state index in [1.165, 1.54) is 16.4 Å². The molecule has 0 aliphatic heterocycles. The van der Waals surface area contributed by atoms with Gasteiger partial charge in [0.2, 0.25) is 0 Å². The molecule has 0 fully saturated rings. The number of hydrogen-bond donors (Lipinski definition) is 0. The summed E-state index contributed by atoms with van der Waals surface area (Å²) >= 11 is 0. The molecule has 6 rings (SSSR count). The molecule has 0 bridgehead atoms. The fourth-order valence-electron chi connectivity index (χ4n) is 6.68. The second-order valence-electron chi connectivity index (χ2n) is 11.8. The van der Waals surface area contributed by atoms with Crippen LogP contribution in [0.15, 0.2) is 186 Å². The van der Waals surface area contributed by atoms with Crippen LogP contribution in [0.1, 0.15) is 31.4 Å². The van der Waals surface area contributed by atoms with Crippen LogP contribution in [-0.2, 0) is 19.9 Å². The molecule has 0 spiro atoms. The van der Waals surface area contributed by atoms with Gasteiger partial charge in [0.1, 0.15) is 5.75 Å². The van der Waals surface area contributed by atoms with Gasteiger partial charge >= 0.3 is 0 Å². The van der Waals surface area contributed by atoms with Crippen molar-refractivity contribution < 1.29 is 4.21 Å². The Balaban J connectivity index is 0.000000181. The Hall–Kier alpha value is -4.98. The van der Waals surface area contributed by atoms with Gasteiger partial charge in [-0.05, 0) is 36.4 Å². The smallest absolute Gasteiger partial charge is 0.163 e. The molecule has 0 heterocycles. The molecule has 4 heteroatoms. The van der Waals surface area contributed by atoms with Crippen LogP contribution < -0.4 is 16.4 Å². The maximum atomic E-state index is 13.8. The Labute approximate surface area is 275 Å². The Kier molecular flexibility index (Phi) is 10.8. The third-order valence-corrected chi connectivity index (χ3v) is 12.0. The molecule has 2 nitrogen and oxygen atoms in total. The van der Waals surface area contributed by atoms with Crippen molar-refractivity contribution in [1.29, 1.82) is 5.26 Å². The van der Waals surface area contributed by atoms with E-state index in [2.05, 4.69) is 111 Å². The topological polar surface area (TPSA) is 40.9 Å². The third kappa shape index (κ3) is 6.96. The average molecular weight is 618 g/mol. The van der Waals surface area contributed by atoms with E-state index in [-0.39, 0.29) is 0 Å². The molecule has 1 unspecified atom stereocenters. The highest BCUT2D eigenvalue weighted by Crippen LogP contribution is 2.32. The summed E-state index contributed by atoms with van der Waals surface area (Å²) in [5.74, 6) is 0.981. The highest BCUT2D eigenvalue weighted by atomic mass is 32.2.